The summed E-state index contributed by atoms with van der Waals surface area (Å²) in [5.41, 5.74) is 0. The summed E-state index contributed by atoms with van der Waals surface area (Å²) in [6, 6.07) is 21.2. The van der Waals surface area contributed by atoms with Gasteiger partial charge in [0, 0.05) is 10.1 Å². The van der Waals surface area contributed by atoms with Gasteiger partial charge in [0.15, 0.2) is 6.10 Å². The van der Waals surface area contributed by atoms with Crippen molar-refractivity contribution in [2.24, 2.45) is 5.92 Å². The summed E-state index contributed by atoms with van der Waals surface area (Å²) < 4.78 is 35.3. The van der Waals surface area contributed by atoms with E-state index < -0.39 is 47.4 Å². The normalized spacial score (nSPS) is 25.8. The fourth-order valence-corrected chi connectivity index (χ4v) is 17.1. The highest BCUT2D eigenvalue weighted by molar-refractivity contribution is 6.99. The first-order valence-corrected chi connectivity index (χ1v) is 20.2. The van der Waals surface area contributed by atoms with Crippen LogP contribution in [0.4, 0.5) is 0 Å². The van der Waals surface area contributed by atoms with Crippen LogP contribution in [0.25, 0.3) is 0 Å². The van der Waals surface area contributed by atoms with Crippen LogP contribution >= 0.6 is 0 Å². The molecule has 0 spiro atoms. The average Bonchev–Trinajstić information content (AvgIpc) is 2.95. The molecule has 2 fully saturated rings. The Morgan fingerprint density at radius 3 is 1.84 bits per heavy atom. The van der Waals surface area contributed by atoms with Gasteiger partial charge in [-0.1, -0.05) is 143 Å². The largest absolute Gasteiger partial charge is 0.457 e. The van der Waals surface area contributed by atoms with Crippen molar-refractivity contribution in [3.8, 4) is 0 Å². The highest BCUT2D eigenvalue weighted by Gasteiger charge is 2.66. The van der Waals surface area contributed by atoms with Crippen LogP contribution in [0, 0.1) is 5.92 Å². The van der Waals surface area contributed by atoms with E-state index in [1.165, 1.54) is 0 Å². The maximum Gasteiger partial charge on any atom is 0.349 e. The molecule has 248 valence electrons. The first kappa shape index (κ1) is 35.8. The second kappa shape index (κ2) is 13.2. The number of ether oxygens (including phenoxy) is 2. The van der Waals surface area contributed by atoms with Crippen molar-refractivity contribution >= 4 is 33.2 Å². The number of esters is 1. The van der Waals surface area contributed by atoms with Gasteiger partial charge in [0.2, 0.25) is 0 Å². The number of fused-ring (bicyclic) bond motifs is 1. The topological polar surface area (TPSA) is 63.2 Å². The molecule has 2 aliphatic rings. The number of hydrogen-bond acceptors (Lipinski definition) is 6. The second-order valence-corrected chi connectivity index (χ2v) is 25.1. The number of carbonyl (C=O) groups excluding carboxylic acids is 1. The molecule has 0 aliphatic carbocycles. The minimum absolute atomic E-state index is 0.250. The zero-order valence-electron chi connectivity index (χ0n) is 29.4. The first-order valence-electron chi connectivity index (χ1n) is 16.5. The summed E-state index contributed by atoms with van der Waals surface area (Å²) in [7, 11) is -6.05. The Morgan fingerprint density at radius 1 is 0.911 bits per heavy atom. The Kier molecular flexibility index (Phi) is 10.5. The maximum absolute atomic E-state index is 13.4. The number of hydrogen-bond donors (Lipinski definition) is 0. The number of rotatable bonds is 8. The van der Waals surface area contributed by atoms with Crippen LogP contribution in [0.2, 0.25) is 15.1 Å². The molecule has 0 aromatic heterocycles. The Balaban J connectivity index is 2.00. The van der Waals surface area contributed by atoms with Crippen LogP contribution in [0.3, 0.4) is 0 Å². The van der Waals surface area contributed by atoms with E-state index in [1.54, 1.807) is 0 Å². The van der Waals surface area contributed by atoms with Gasteiger partial charge in [-0.15, -0.1) is 6.58 Å². The smallest absolute Gasteiger partial charge is 0.349 e. The molecule has 4 rings (SSSR count). The van der Waals surface area contributed by atoms with E-state index in [2.05, 4.69) is 117 Å². The summed E-state index contributed by atoms with van der Waals surface area (Å²) in [5, 5.41) is 1.52. The molecule has 2 aromatic rings. The molecule has 6 nitrogen and oxygen atoms in total. The van der Waals surface area contributed by atoms with Gasteiger partial charge >= 0.3 is 14.5 Å². The van der Waals surface area contributed by atoms with Gasteiger partial charge in [0.25, 0.3) is 8.32 Å². The Bertz CT molecular complexity index is 1240. The third-order valence-corrected chi connectivity index (χ3v) is 19.5. The molecule has 0 saturated carbocycles. The van der Waals surface area contributed by atoms with E-state index in [-0.39, 0.29) is 27.0 Å². The zero-order chi connectivity index (χ0) is 33.4. The summed E-state index contributed by atoms with van der Waals surface area (Å²) in [6.45, 7) is 28.2. The minimum Gasteiger partial charge on any atom is -0.457 e. The lowest BCUT2D eigenvalue weighted by Crippen LogP contribution is -2.76. The van der Waals surface area contributed by atoms with Gasteiger partial charge in [-0.2, -0.15) is 0 Å². The summed E-state index contributed by atoms with van der Waals surface area (Å²) in [4.78, 5) is 13.4. The molecule has 5 atom stereocenters. The van der Waals surface area contributed by atoms with E-state index in [1.807, 2.05) is 32.1 Å². The van der Waals surface area contributed by atoms with Crippen LogP contribution in [0.15, 0.2) is 73.3 Å². The third-order valence-electron chi connectivity index (χ3n) is 9.31. The van der Waals surface area contributed by atoms with E-state index in [4.69, 9.17) is 22.8 Å². The van der Waals surface area contributed by atoms with Crippen molar-refractivity contribution in [1.82, 2.24) is 0 Å². The molecule has 0 amide bonds. The second-order valence-electron chi connectivity index (χ2n) is 16.0. The molecule has 0 radical (unpaired) electrons. The van der Waals surface area contributed by atoms with E-state index in [0.717, 1.165) is 10.4 Å². The highest BCUT2D eigenvalue weighted by atomic mass is 28.4. The molecule has 0 unspecified atom stereocenters. The predicted molar refractivity (Wildman–Crippen MR) is 187 cm³/mol. The van der Waals surface area contributed by atoms with Crippen molar-refractivity contribution in [2.45, 2.75) is 128 Å². The molecule has 2 saturated heterocycles. The third kappa shape index (κ3) is 6.69. The van der Waals surface area contributed by atoms with Crippen molar-refractivity contribution in [1.29, 1.82) is 0 Å². The lowest BCUT2D eigenvalue weighted by molar-refractivity contribution is -0.247. The van der Waals surface area contributed by atoms with E-state index in [0.29, 0.717) is 13.0 Å². The fraction of sp³-hybridized carbons (Fsp3) is 0.595. The van der Waals surface area contributed by atoms with Gasteiger partial charge in [0.1, 0.15) is 24.4 Å². The zero-order valence-corrected chi connectivity index (χ0v) is 31.4. The van der Waals surface area contributed by atoms with Crippen LogP contribution in [-0.2, 0) is 27.5 Å². The van der Waals surface area contributed by atoms with Crippen molar-refractivity contribution < 1.29 is 27.5 Å². The minimum atomic E-state index is -3.10. The SMILES string of the molecule is C=CC[C@@H]1O[C@@H]2CO[Si](C(C)(C)C)(C(C)(C)C)O[C@H]2[C@H](O[Si](c2ccccc2)(c2ccccc2)C(C)(C)C)[C@H]1OC(=O)C(C)C. The molecule has 0 bridgehead atoms. The van der Waals surface area contributed by atoms with Gasteiger partial charge in [0.05, 0.1) is 12.5 Å². The standard InChI is InChI=1S/C37H56O6Si2/c1-13-20-29-31(41-34(38)26(2)3)33(32-30(40-29)25-39-45(43-32,36(7,8)9)37(10,11)12)42-44(35(4,5)6,27-21-16-14-17-22-27)28-23-18-15-19-24-28/h13-19,21-24,26,29-33H,1,20,25H2,2-12H3/t29-,30+,31-,32+,33+/m0/s1. The Labute approximate surface area is 274 Å². The predicted octanol–water partition coefficient (Wildman–Crippen LogP) is 7.30. The maximum atomic E-state index is 13.4. The van der Waals surface area contributed by atoms with Gasteiger partial charge in [-0.25, -0.2) is 0 Å². The number of benzene rings is 2. The Morgan fingerprint density at radius 2 is 1.42 bits per heavy atom. The fourth-order valence-electron chi connectivity index (χ4n) is 7.40. The van der Waals surface area contributed by atoms with E-state index >= 15 is 0 Å². The molecule has 2 aromatic carbocycles. The monoisotopic (exact) mass is 652 g/mol. The van der Waals surface area contributed by atoms with Crippen molar-refractivity contribution in [3.05, 3.63) is 73.3 Å². The first-order chi connectivity index (χ1) is 20.9. The van der Waals surface area contributed by atoms with Crippen LogP contribution in [-0.4, -0.2) is 60.0 Å². The quantitative estimate of drug-likeness (QED) is 0.169. The average molecular weight is 653 g/mol. The molecule has 0 N–H and O–H groups in total. The highest BCUT2D eigenvalue weighted by Crippen LogP contribution is 2.56. The van der Waals surface area contributed by atoms with Gasteiger partial charge < -0.3 is 22.8 Å². The van der Waals surface area contributed by atoms with Gasteiger partial charge in [-0.05, 0) is 21.8 Å². The summed E-state index contributed by atoms with van der Waals surface area (Å²) in [6.07, 6.45) is -0.335. The van der Waals surface area contributed by atoms with Crippen LogP contribution < -0.4 is 10.4 Å². The summed E-state index contributed by atoms with van der Waals surface area (Å²) in [5.74, 6) is -0.594. The lowest BCUT2D eigenvalue weighted by atomic mass is 9.93. The van der Waals surface area contributed by atoms with Crippen LogP contribution in [0.5, 0.6) is 0 Å². The molecular weight excluding hydrogens is 597 g/mol. The molecule has 2 aliphatic heterocycles. The van der Waals surface area contributed by atoms with Crippen molar-refractivity contribution in [2.75, 3.05) is 6.61 Å². The molecule has 45 heavy (non-hydrogen) atoms. The van der Waals surface area contributed by atoms with E-state index in [9.17, 15) is 4.79 Å². The number of carbonyl (C=O) groups is 1. The molecule has 2 heterocycles. The molecule has 8 heteroatoms. The van der Waals surface area contributed by atoms with Crippen LogP contribution in [0.1, 0.15) is 82.6 Å². The Hall–Kier alpha value is -2.08. The lowest BCUT2D eigenvalue weighted by Gasteiger charge is -2.59. The molecular formula is C37H56O6Si2. The summed E-state index contributed by atoms with van der Waals surface area (Å²) >= 11 is 0. The van der Waals surface area contributed by atoms with Gasteiger partial charge in [-0.3, -0.25) is 4.79 Å². The van der Waals surface area contributed by atoms with Crippen molar-refractivity contribution in [3.63, 3.8) is 0 Å².